The van der Waals surface area contributed by atoms with Gasteiger partial charge in [0.2, 0.25) is 23.6 Å². The lowest BCUT2D eigenvalue weighted by Crippen LogP contribution is -2.58. The number of carboxylic acids is 1. The number of hydrogen-bond acceptors (Lipinski definition) is 11. The van der Waals surface area contributed by atoms with E-state index in [4.69, 9.17) is 20.4 Å². The summed E-state index contributed by atoms with van der Waals surface area (Å²) in [5.74, 6) is -6.08. The van der Waals surface area contributed by atoms with Crippen LogP contribution >= 0.6 is 0 Å². The number of aliphatic carboxylic acids is 1. The van der Waals surface area contributed by atoms with E-state index in [9.17, 15) is 57.3 Å². The smallest absolute Gasteiger partial charge is 0.490 e. The van der Waals surface area contributed by atoms with Crippen LogP contribution in [0.1, 0.15) is 65.5 Å². The number of aromatic hydroxyl groups is 2. The Bertz CT molecular complexity index is 1920. The predicted octanol–water partition coefficient (Wildman–Crippen LogP) is 2.11. The Hall–Kier alpha value is -6.32. The molecule has 1 aliphatic rings. The zero-order valence-electron chi connectivity index (χ0n) is 34.6. The number of halogens is 3. The van der Waals surface area contributed by atoms with E-state index in [0.717, 1.165) is 0 Å². The van der Waals surface area contributed by atoms with Crippen LogP contribution < -0.4 is 32.3 Å². The molecule has 0 saturated carbocycles. The molecule has 0 saturated heterocycles. The van der Waals surface area contributed by atoms with Gasteiger partial charge in [0.25, 0.3) is 0 Å². The molecule has 19 nitrogen and oxygen atoms in total. The lowest BCUT2D eigenvalue weighted by atomic mass is 9.95. The summed E-state index contributed by atoms with van der Waals surface area (Å²) in [5.41, 5.74) is 5.39. The molecule has 61 heavy (non-hydrogen) atoms. The number of hydrogen-bond donors (Lipinski definition) is 10. The van der Waals surface area contributed by atoms with Gasteiger partial charge in [-0.15, -0.1) is 0 Å². The first-order chi connectivity index (χ1) is 28.1. The minimum absolute atomic E-state index is 0.0127. The van der Waals surface area contributed by atoms with Crippen molar-refractivity contribution in [2.75, 3.05) is 26.2 Å². The van der Waals surface area contributed by atoms with Gasteiger partial charge in [-0.2, -0.15) is 13.2 Å². The molecule has 0 fully saturated rings. The van der Waals surface area contributed by atoms with Gasteiger partial charge in [-0.25, -0.2) is 14.4 Å². The number of carboxylic acid groups (broad SMARTS) is 2. The molecule has 338 valence electrons. The third kappa shape index (κ3) is 17.1. The number of amides is 6. The van der Waals surface area contributed by atoms with E-state index in [-0.39, 0.29) is 67.9 Å². The van der Waals surface area contributed by atoms with Gasteiger partial charge >= 0.3 is 24.3 Å². The fourth-order valence-electron chi connectivity index (χ4n) is 5.71. The van der Waals surface area contributed by atoms with Crippen molar-refractivity contribution in [1.29, 1.82) is 0 Å². The summed E-state index contributed by atoms with van der Waals surface area (Å²) >= 11 is 0. The number of carbonyl (C=O) groups is 7. The summed E-state index contributed by atoms with van der Waals surface area (Å²) in [4.78, 5) is 89.1. The van der Waals surface area contributed by atoms with Gasteiger partial charge < -0.3 is 62.4 Å². The van der Waals surface area contributed by atoms with Crippen LogP contribution in [0.15, 0.2) is 36.4 Å². The van der Waals surface area contributed by atoms with Crippen LogP contribution in [0.4, 0.5) is 22.8 Å². The Morgan fingerprint density at radius 3 is 1.87 bits per heavy atom. The van der Waals surface area contributed by atoms with Crippen molar-refractivity contribution in [3.8, 4) is 22.6 Å². The van der Waals surface area contributed by atoms with E-state index in [1.54, 1.807) is 65.8 Å². The molecule has 0 aliphatic carbocycles. The molecule has 22 heteroatoms. The Balaban J connectivity index is 0.00000168. The summed E-state index contributed by atoms with van der Waals surface area (Å²) in [6.45, 7) is 9.95. The first kappa shape index (κ1) is 50.8. The number of alkyl carbamates (subject to hydrolysis) is 1. The maximum absolute atomic E-state index is 14.1. The summed E-state index contributed by atoms with van der Waals surface area (Å²) in [6.07, 6.45) is -7.69. The minimum atomic E-state index is -5.08. The first-order valence-electron chi connectivity index (χ1n) is 18.9. The zero-order chi connectivity index (χ0) is 46.5. The quantitative estimate of drug-likeness (QED) is 0.164. The highest BCUT2D eigenvalue weighted by Crippen LogP contribution is 2.31. The maximum atomic E-state index is 14.1. The molecule has 0 aromatic heterocycles. The molecule has 11 N–H and O–H groups in total. The Labute approximate surface area is 349 Å². The third-order valence-corrected chi connectivity index (χ3v) is 8.66. The monoisotopic (exact) mass is 869 g/mol. The summed E-state index contributed by atoms with van der Waals surface area (Å²) < 4.78 is 37.1. The molecule has 0 radical (unpaired) electrons. The number of rotatable bonds is 10. The second-order valence-corrected chi connectivity index (χ2v) is 15.8. The summed E-state index contributed by atoms with van der Waals surface area (Å²) in [5, 5.41) is 51.5. The summed E-state index contributed by atoms with van der Waals surface area (Å²) in [7, 11) is 0. The molecule has 4 bridgehead atoms. The van der Waals surface area contributed by atoms with Gasteiger partial charge in [0.05, 0.1) is 6.54 Å². The van der Waals surface area contributed by atoms with E-state index in [1.807, 2.05) is 0 Å². The molecule has 3 atom stereocenters. The van der Waals surface area contributed by atoms with Crippen molar-refractivity contribution in [3.05, 3.63) is 47.5 Å². The number of nitrogens with one attached hydrogen (secondary N) is 5. The van der Waals surface area contributed by atoms with Crippen LogP contribution in [-0.4, -0.2) is 129 Å². The number of alkyl halides is 3. The molecular weight excluding hydrogens is 815 g/mol. The number of phenols is 2. The van der Waals surface area contributed by atoms with Crippen LogP contribution in [0, 0.1) is 0 Å². The second-order valence-electron chi connectivity index (χ2n) is 15.8. The van der Waals surface area contributed by atoms with Gasteiger partial charge in [0, 0.05) is 38.0 Å². The number of nitrogens with two attached hydrogens (primary N) is 1. The molecule has 0 unspecified atom stereocenters. The van der Waals surface area contributed by atoms with Gasteiger partial charge in [-0.3, -0.25) is 19.2 Å². The highest BCUT2D eigenvalue weighted by atomic mass is 19.4. The fourth-order valence-corrected chi connectivity index (χ4v) is 5.71. The van der Waals surface area contributed by atoms with Gasteiger partial charge in [-0.05, 0) is 101 Å². The number of phenolic OH excluding ortho intramolecular Hbond substituents is 2. The van der Waals surface area contributed by atoms with Crippen LogP contribution in [0.2, 0.25) is 0 Å². The topological polar surface area (TPSA) is 299 Å². The fraction of sp³-hybridized carbons (Fsp3) is 0.513. The Morgan fingerprint density at radius 1 is 0.852 bits per heavy atom. The van der Waals surface area contributed by atoms with Crippen LogP contribution in [0.5, 0.6) is 11.5 Å². The number of fused-ring (bicyclic) bond motifs is 5. The van der Waals surface area contributed by atoms with Gasteiger partial charge in [0.15, 0.2) is 0 Å². The van der Waals surface area contributed by atoms with Crippen molar-refractivity contribution in [2.24, 2.45) is 5.73 Å². The van der Waals surface area contributed by atoms with E-state index in [0.29, 0.717) is 11.1 Å². The second kappa shape index (κ2) is 21.8. The average Bonchev–Trinajstić information content (AvgIpc) is 3.13. The minimum Gasteiger partial charge on any atom is -0.508 e. The highest BCUT2D eigenvalue weighted by molar-refractivity contribution is 5.95. The van der Waals surface area contributed by atoms with Crippen LogP contribution in [0.25, 0.3) is 11.1 Å². The molecule has 2 aromatic carbocycles. The van der Waals surface area contributed by atoms with Crippen molar-refractivity contribution in [1.82, 2.24) is 31.5 Å². The SMILES string of the molecule is CC(C)(C)OC(=O)N[C@H]1Cc2cc(ccc2O)-c2ccc(O)c(c2)C[C@@H](C(=O)NCC(=O)NCCN)NC(=O)[C@H](CCCN(C(=O)O)C(C)(C)C)NC1=O.O=C(O)C(F)(F)F. The average molecular weight is 870 g/mol. The van der Waals surface area contributed by atoms with Crippen molar-refractivity contribution < 1.29 is 71.9 Å². The Kier molecular flexibility index (Phi) is 18.2. The van der Waals surface area contributed by atoms with Crippen molar-refractivity contribution in [3.63, 3.8) is 0 Å². The lowest BCUT2D eigenvalue weighted by Gasteiger charge is -2.33. The highest BCUT2D eigenvalue weighted by Gasteiger charge is 2.38. The molecule has 6 amide bonds. The van der Waals surface area contributed by atoms with Crippen molar-refractivity contribution >= 4 is 41.8 Å². The predicted molar refractivity (Wildman–Crippen MR) is 212 cm³/mol. The number of nitrogens with zero attached hydrogens (tertiary/aromatic N) is 1. The number of ether oxygens (including phenoxy) is 1. The van der Waals surface area contributed by atoms with E-state index in [1.165, 1.54) is 17.0 Å². The molecule has 0 spiro atoms. The number of carbonyl (C=O) groups excluding carboxylic acids is 5. The van der Waals surface area contributed by atoms with Crippen LogP contribution in [0.3, 0.4) is 0 Å². The standard InChI is InChI=1S/C37H53N7O10.C2HF3O2/c1-36(2,3)44(35(52)53)15-7-8-25-32(49)42-26(31(48)40-20-30(47)39-14-13-38)18-23-16-21(9-11-28(23)45)22-10-12-29(46)24(17-22)19-27(33(50)41-25)43-34(51)54-37(4,5)6;3-2(4,5)1(6)7/h9-12,16-17,25-27,45-46H,7-8,13-15,18-20,38H2,1-6H3,(H,39,47)(H,40,48)(H,41,50)(H,42,49)(H,43,51)(H,52,53);(H,6,7)/t25-,26-,27-;/m0./s1. The Morgan fingerprint density at radius 2 is 1.39 bits per heavy atom. The van der Waals surface area contributed by atoms with E-state index < -0.39 is 83.8 Å². The van der Waals surface area contributed by atoms with E-state index >= 15 is 0 Å². The van der Waals surface area contributed by atoms with Gasteiger partial charge in [-0.1, -0.05) is 12.1 Å². The zero-order valence-corrected chi connectivity index (χ0v) is 34.6. The largest absolute Gasteiger partial charge is 0.508 e. The van der Waals surface area contributed by atoms with Gasteiger partial charge in [0.1, 0.15) is 35.2 Å². The van der Waals surface area contributed by atoms with Crippen LogP contribution in [-0.2, 0) is 41.6 Å². The number of benzene rings is 2. The molecule has 3 rings (SSSR count). The van der Waals surface area contributed by atoms with Crippen molar-refractivity contribution in [2.45, 2.75) is 103 Å². The third-order valence-electron chi connectivity index (χ3n) is 8.66. The maximum Gasteiger partial charge on any atom is 0.490 e. The summed E-state index contributed by atoms with van der Waals surface area (Å²) in [6, 6.07) is 5.15. The van der Waals surface area contributed by atoms with E-state index in [2.05, 4.69) is 26.6 Å². The lowest BCUT2D eigenvalue weighted by molar-refractivity contribution is -0.192. The molecule has 1 heterocycles. The normalized spacial score (nSPS) is 17.0. The molecule has 2 aromatic rings. The molecular formula is C39H54F3N7O12. The molecule has 1 aliphatic heterocycles. The first-order valence-corrected chi connectivity index (χ1v) is 18.9.